The molecule has 2 heterocycles. The summed E-state index contributed by atoms with van der Waals surface area (Å²) in [6.07, 6.45) is 1.58. The van der Waals surface area contributed by atoms with Crippen molar-refractivity contribution < 1.29 is 9.26 Å². The first-order chi connectivity index (χ1) is 5.40. The fourth-order valence-electron chi connectivity index (χ4n) is 0.974. The normalized spacial score (nSPS) is 31.9. The predicted octanol–water partition coefficient (Wildman–Crippen LogP) is 1.05. The van der Waals surface area contributed by atoms with Crippen molar-refractivity contribution in [2.45, 2.75) is 13.0 Å². The molecule has 2 fully saturated rings. The first-order valence-corrected chi connectivity index (χ1v) is 5.57. The van der Waals surface area contributed by atoms with Gasteiger partial charge in [-0.3, -0.25) is 4.67 Å². The average molecular weight is 175 g/mol. The molecule has 2 aliphatic heterocycles. The third-order valence-corrected chi connectivity index (χ3v) is 3.84. The highest BCUT2D eigenvalue weighted by Gasteiger charge is 2.30. The Bertz CT molecular complexity index is 136. The molecule has 3 nitrogen and oxygen atoms in total. The molecule has 64 valence electrons. The second-order valence-corrected chi connectivity index (χ2v) is 5.03. The lowest BCUT2D eigenvalue weighted by Gasteiger charge is -2.14. The van der Waals surface area contributed by atoms with Gasteiger partial charge in [0.25, 0.3) is 0 Å². The summed E-state index contributed by atoms with van der Waals surface area (Å²) in [6.45, 7) is 6.40. The van der Waals surface area contributed by atoms with E-state index in [1.807, 2.05) is 0 Å². The number of hydrogen-bond acceptors (Lipinski definition) is 3. The molecule has 0 aliphatic carbocycles. The van der Waals surface area contributed by atoms with Crippen molar-refractivity contribution in [2.75, 3.05) is 32.5 Å². The molecule has 0 aromatic carbocycles. The van der Waals surface area contributed by atoms with Gasteiger partial charge in [-0.15, -0.1) is 0 Å². The molecule has 0 bridgehead atoms. The van der Waals surface area contributed by atoms with Gasteiger partial charge in [-0.25, -0.2) is 0 Å². The summed E-state index contributed by atoms with van der Waals surface area (Å²) < 4.78 is 13.2. The number of epoxide rings is 1. The zero-order valence-electron chi connectivity index (χ0n) is 6.82. The van der Waals surface area contributed by atoms with E-state index in [0.717, 1.165) is 19.4 Å². The molecule has 0 radical (unpaired) electrons. The van der Waals surface area contributed by atoms with Gasteiger partial charge in [0.15, 0.2) is 0 Å². The summed E-state index contributed by atoms with van der Waals surface area (Å²) in [5.41, 5.74) is 0. The van der Waals surface area contributed by atoms with Crippen molar-refractivity contribution in [3.05, 3.63) is 0 Å². The Morgan fingerprint density at radius 1 is 1.64 bits per heavy atom. The van der Waals surface area contributed by atoms with Gasteiger partial charge in [-0.2, -0.15) is 0 Å². The number of rotatable bonds is 5. The largest absolute Gasteiger partial charge is 0.371 e. The van der Waals surface area contributed by atoms with E-state index in [1.165, 1.54) is 13.1 Å². The average Bonchev–Trinajstić information content (AvgIpc) is 2.85. The summed E-state index contributed by atoms with van der Waals surface area (Å²) >= 11 is 0. The van der Waals surface area contributed by atoms with E-state index >= 15 is 0 Å². The second-order valence-electron chi connectivity index (χ2n) is 2.87. The van der Waals surface area contributed by atoms with E-state index in [9.17, 15) is 0 Å². The Hall–Kier alpha value is 0.310. The molecule has 2 unspecified atom stereocenters. The molecule has 0 aromatic heterocycles. The van der Waals surface area contributed by atoms with Crippen LogP contribution in [0.3, 0.4) is 0 Å². The van der Waals surface area contributed by atoms with Crippen molar-refractivity contribution in [2.24, 2.45) is 0 Å². The molecule has 0 amide bonds. The molecule has 0 saturated carbocycles. The summed E-state index contributed by atoms with van der Waals surface area (Å²) in [5, 5.41) is 0. The van der Waals surface area contributed by atoms with Crippen LogP contribution < -0.4 is 0 Å². The highest BCUT2D eigenvalue weighted by molar-refractivity contribution is 7.50. The maximum atomic E-state index is 5.70. The lowest BCUT2D eigenvalue weighted by atomic mass is 10.5. The van der Waals surface area contributed by atoms with Crippen LogP contribution in [0.4, 0.5) is 0 Å². The third-order valence-electron chi connectivity index (χ3n) is 1.82. The number of nitrogens with zero attached hydrogens (tertiary/aromatic N) is 1. The van der Waals surface area contributed by atoms with Gasteiger partial charge in [0.2, 0.25) is 0 Å². The lowest BCUT2D eigenvalue weighted by Crippen LogP contribution is -2.02. The van der Waals surface area contributed by atoms with Crippen LogP contribution in [0.5, 0.6) is 0 Å². The molecule has 11 heavy (non-hydrogen) atoms. The van der Waals surface area contributed by atoms with Gasteiger partial charge in [0, 0.05) is 19.3 Å². The Morgan fingerprint density at radius 3 is 2.82 bits per heavy atom. The quantitative estimate of drug-likeness (QED) is 0.461. The SMILES string of the molecule is CCP(OCC1CO1)N1CC1. The molecular formula is C7H14NO2P. The Labute approximate surface area is 68.5 Å². The molecule has 2 aliphatic rings. The monoisotopic (exact) mass is 175 g/mol. The van der Waals surface area contributed by atoms with Crippen LogP contribution in [0.2, 0.25) is 0 Å². The minimum atomic E-state index is -0.246. The summed E-state index contributed by atoms with van der Waals surface area (Å²) in [5.74, 6) is 0. The van der Waals surface area contributed by atoms with E-state index in [-0.39, 0.29) is 8.30 Å². The highest BCUT2D eigenvalue weighted by atomic mass is 31.2. The van der Waals surface area contributed by atoms with Gasteiger partial charge in [0.1, 0.15) is 14.4 Å². The number of ether oxygens (including phenoxy) is 1. The maximum Gasteiger partial charge on any atom is 0.105 e. The molecule has 4 heteroatoms. The molecule has 2 atom stereocenters. The minimum absolute atomic E-state index is 0.246. The van der Waals surface area contributed by atoms with Crippen molar-refractivity contribution in [1.29, 1.82) is 0 Å². The molecular weight excluding hydrogens is 161 g/mol. The van der Waals surface area contributed by atoms with E-state index in [4.69, 9.17) is 9.26 Å². The van der Waals surface area contributed by atoms with Crippen LogP contribution in [-0.2, 0) is 9.26 Å². The fourth-order valence-corrected chi connectivity index (χ4v) is 2.59. The first kappa shape index (κ1) is 7.93. The summed E-state index contributed by atoms with van der Waals surface area (Å²) in [6, 6.07) is 0. The zero-order valence-corrected chi connectivity index (χ0v) is 7.72. The van der Waals surface area contributed by atoms with Gasteiger partial charge in [-0.05, 0) is 0 Å². The zero-order chi connectivity index (χ0) is 7.68. The molecule has 2 saturated heterocycles. The lowest BCUT2D eigenvalue weighted by molar-refractivity contribution is 0.276. The van der Waals surface area contributed by atoms with Crippen molar-refractivity contribution >= 4 is 8.30 Å². The van der Waals surface area contributed by atoms with Gasteiger partial charge in [-0.1, -0.05) is 6.92 Å². The smallest absolute Gasteiger partial charge is 0.105 e. The van der Waals surface area contributed by atoms with Crippen molar-refractivity contribution in [3.63, 3.8) is 0 Å². The molecule has 0 spiro atoms. The molecule has 2 rings (SSSR count). The maximum absolute atomic E-state index is 5.70. The van der Waals surface area contributed by atoms with Crippen LogP contribution in [0, 0.1) is 0 Å². The van der Waals surface area contributed by atoms with E-state index in [1.54, 1.807) is 0 Å². The Morgan fingerprint density at radius 2 is 2.36 bits per heavy atom. The second kappa shape index (κ2) is 3.36. The van der Waals surface area contributed by atoms with Crippen LogP contribution >= 0.6 is 8.30 Å². The van der Waals surface area contributed by atoms with Crippen LogP contribution in [-0.4, -0.2) is 43.2 Å². The minimum Gasteiger partial charge on any atom is -0.371 e. The molecule has 0 N–H and O–H groups in total. The Balaban J connectivity index is 1.63. The summed E-state index contributed by atoms with van der Waals surface area (Å²) in [7, 11) is -0.246. The van der Waals surface area contributed by atoms with Crippen LogP contribution in [0.1, 0.15) is 6.92 Å². The molecule has 0 aromatic rings. The fraction of sp³-hybridized carbons (Fsp3) is 1.00. The first-order valence-electron chi connectivity index (χ1n) is 4.17. The van der Waals surface area contributed by atoms with Crippen molar-refractivity contribution in [3.8, 4) is 0 Å². The predicted molar refractivity (Wildman–Crippen MR) is 44.7 cm³/mol. The standard InChI is InChI=1S/C7H14NO2P/c1-2-11(8-3-4-8)10-6-7-5-9-7/h7H,2-6H2,1H3. The van der Waals surface area contributed by atoms with Gasteiger partial charge in [0.05, 0.1) is 13.2 Å². The van der Waals surface area contributed by atoms with Gasteiger partial charge >= 0.3 is 0 Å². The van der Waals surface area contributed by atoms with Gasteiger partial charge < -0.3 is 9.26 Å². The van der Waals surface area contributed by atoms with E-state index < -0.39 is 0 Å². The van der Waals surface area contributed by atoms with Crippen LogP contribution in [0.15, 0.2) is 0 Å². The number of hydrogen-bond donors (Lipinski definition) is 0. The topological polar surface area (TPSA) is 24.8 Å². The highest BCUT2D eigenvalue weighted by Crippen LogP contribution is 2.46. The van der Waals surface area contributed by atoms with Crippen molar-refractivity contribution in [1.82, 2.24) is 4.67 Å². The van der Waals surface area contributed by atoms with Crippen LogP contribution in [0.25, 0.3) is 0 Å². The Kier molecular flexibility index (Phi) is 2.42. The van der Waals surface area contributed by atoms with E-state index in [0.29, 0.717) is 6.10 Å². The summed E-state index contributed by atoms with van der Waals surface area (Å²) in [4.78, 5) is 0. The van der Waals surface area contributed by atoms with E-state index in [2.05, 4.69) is 11.6 Å². The third kappa shape index (κ3) is 2.38.